The number of unbranched alkanes of at least 4 members (excludes halogenated alkanes) is 5. The summed E-state index contributed by atoms with van der Waals surface area (Å²) in [6.07, 6.45) is 6.26. The molecule has 0 spiro atoms. The number of benzene rings is 3. The predicted molar refractivity (Wildman–Crippen MR) is 189 cm³/mol. The molecule has 0 radical (unpaired) electrons. The molecule has 0 aromatic heterocycles. The Morgan fingerprint density at radius 3 is 2.15 bits per heavy atom. The SMILES string of the molecule is CCCCCCCCN(C(=O)C(NC(=O)OC(C)(C)C)C(C)CC)C(C(=O)Nc1ccc2ccccc2c1)c1ccc(C)c(C)c1. The van der Waals surface area contributed by atoms with Gasteiger partial charge in [-0.2, -0.15) is 0 Å². The second kappa shape index (κ2) is 17.2. The lowest BCUT2D eigenvalue weighted by Crippen LogP contribution is -2.55. The third-order valence-corrected chi connectivity index (χ3v) is 8.61. The van der Waals surface area contributed by atoms with E-state index in [0.717, 1.165) is 59.6 Å². The third-order valence-electron chi connectivity index (χ3n) is 8.61. The van der Waals surface area contributed by atoms with E-state index in [9.17, 15) is 14.4 Å². The molecule has 0 fully saturated rings. The molecule has 3 amide bonds. The summed E-state index contributed by atoms with van der Waals surface area (Å²) in [6, 6.07) is 18.0. The van der Waals surface area contributed by atoms with Gasteiger partial charge in [0.15, 0.2) is 0 Å². The van der Waals surface area contributed by atoms with Crippen LogP contribution >= 0.6 is 0 Å². The normalized spacial score (nSPS) is 13.5. The number of carbonyl (C=O) groups is 3. The first-order valence-electron chi connectivity index (χ1n) is 17.0. The molecule has 0 aliphatic carbocycles. The fraction of sp³-hybridized carbons (Fsp3) is 0.513. The van der Waals surface area contributed by atoms with Gasteiger partial charge in [-0.25, -0.2) is 4.79 Å². The standard InChI is InChI=1S/C39H55N3O4/c1-9-11-12-13-14-17-24-42(37(44)34(27(3)10-2)41-38(45)46-39(6,7)8)35(32-21-20-28(4)29(5)25-32)36(43)40-33-23-22-30-18-15-16-19-31(30)26-33/h15-16,18-23,25-27,34-35H,9-14,17,24H2,1-8H3,(H,40,43)(H,41,45). The van der Waals surface area contributed by atoms with Gasteiger partial charge in [-0.15, -0.1) is 0 Å². The second-order valence-corrected chi connectivity index (χ2v) is 13.6. The molecule has 3 aromatic rings. The summed E-state index contributed by atoms with van der Waals surface area (Å²) in [6.45, 7) is 16.0. The van der Waals surface area contributed by atoms with Crippen molar-refractivity contribution in [3.63, 3.8) is 0 Å². The van der Waals surface area contributed by atoms with Gasteiger partial charge in [0, 0.05) is 12.2 Å². The number of aryl methyl sites for hydroxylation is 2. The topological polar surface area (TPSA) is 87.7 Å². The van der Waals surface area contributed by atoms with Gasteiger partial charge < -0.3 is 20.3 Å². The molecule has 0 bridgehead atoms. The Morgan fingerprint density at radius 1 is 0.826 bits per heavy atom. The van der Waals surface area contributed by atoms with E-state index < -0.39 is 23.8 Å². The summed E-state index contributed by atoms with van der Waals surface area (Å²) >= 11 is 0. The van der Waals surface area contributed by atoms with E-state index in [-0.39, 0.29) is 17.7 Å². The number of nitrogens with one attached hydrogen (secondary N) is 2. The van der Waals surface area contributed by atoms with Crippen molar-refractivity contribution < 1.29 is 19.1 Å². The maximum Gasteiger partial charge on any atom is 0.408 e. The summed E-state index contributed by atoms with van der Waals surface area (Å²) in [7, 11) is 0. The van der Waals surface area contributed by atoms with E-state index in [1.807, 2.05) is 88.4 Å². The van der Waals surface area contributed by atoms with E-state index in [0.29, 0.717) is 18.7 Å². The molecule has 0 aliphatic heterocycles. The first-order valence-corrected chi connectivity index (χ1v) is 17.0. The Morgan fingerprint density at radius 2 is 1.50 bits per heavy atom. The number of ether oxygens (including phenoxy) is 1. The first-order chi connectivity index (χ1) is 21.8. The lowest BCUT2D eigenvalue weighted by atomic mass is 9.94. The number of amides is 3. The summed E-state index contributed by atoms with van der Waals surface area (Å²) < 4.78 is 5.56. The van der Waals surface area contributed by atoms with E-state index in [4.69, 9.17) is 4.74 Å². The van der Waals surface area contributed by atoms with Crippen LogP contribution in [0.5, 0.6) is 0 Å². The number of hydrogen-bond acceptors (Lipinski definition) is 4. The minimum absolute atomic E-state index is 0.184. The first kappa shape index (κ1) is 36.6. The van der Waals surface area contributed by atoms with Crippen molar-refractivity contribution >= 4 is 34.4 Å². The molecule has 7 heteroatoms. The Bertz CT molecular complexity index is 1460. The molecule has 250 valence electrons. The van der Waals surface area contributed by atoms with Crippen LogP contribution in [0.15, 0.2) is 60.7 Å². The Labute approximate surface area is 276 Å². The maximum atomic E-state index is 14.7. The summed E-state index contributed by atoms with van der Waals surface area (Å²) in [5, 5.41) is 8.10. The number of fused-ring (bicyclic) bond motifs is 1. The van der Waals surface area contributed by atoms with E-state index in [1.54, 1.807) is 25.7 Å². The van der Waals surface area contributed by atoms with Gasteiger partial charge >= 0.3 is 6.09 Å². The minimum atomic E-state index is -0.902. The summed E-state index contributed by atoms with van der Waals surface area (Å²) in [4.78, 5) is 43.8. The number of rotatable bonds is 15. The van der Waals surface area contributed by atoms with Crippen LogP contribution in [-0.4, -0.2) is 41.0 Å². The number of alkyl carbamates (subject to hydrolysis) is 1. The fourth-order valence-corrected chi connectivity index (χ4v) is 5.61. The number of nitrogens with zero attached hydrogens (tertiary/aromatic N) is 1. The Hall–Kier alpha value is -3.87. The van der Waals surface area contributed by atoms with Crippen LogP contribution in [0.3, 0.4) is 0 Å². The van der Waals surface area contributed by atoms with E-state index in [1.165, 1.54) is 6.42 Å². The molecular weight excluding hydrogens is 574 g/mol. The minimum Gasteiger partial charge on any atom is -0.444 e. The maximum absolute atomic E-state index is 14.7. The average molecular weight is 630 g/mol. The van der Waals surface area contributed by atoms with Crippen molar-refractivity contribution in [3.8, 4) is 0 Å². The smallest absolute Gasteiger partial charge is 0.408 e. The molecule has 0 saturated heterocycles. The molecule has 2 N–H and O–H groups in total. The van der Waals surface area contributed by atoms with Gasteiger partial charge in [-0.05, 0) is 86.6 Å². The third kappa shape index (κ3) is 10.6. The van der Waals surface area contributed by atoms with E-state index in [2.05, 4.69) is 17.6 Å². The molecular formula is C39H55N3O4. The van der Waals surface area contributed by atoms with Crippen molar-refractivity contribution in [2.24, 2.45) is 5.92 Å². The summed E-state index contributed by atoms with van der Waals surface area (Å²) in [5.41, 5.74) is 2.83. The lowest BCUT2D eigenvalue weighted by Gasteiger charge is -2.36. The molecule has 0 saturated carbocycles. The Kier molecular flexibility index (Phi) is 13.7. The van der Waals surface area contributed by atoms with Crippen molar-refractivity contribution in [1.82, 2.24) is 10.2 Å². The van der Waals surface area contributed by atoms with Gasteiger partial charge in [-0.1, -0.05) is 108 Å². The second-order valence-electron chi connectivity index (χ2n) is 13.6. The van der Waals surface area contributed by atoms with Crippen molar-refractivity contribution in [1.29, 1.82) is 0 Å². The van der Waals surface area contributed by atoms with Crippen LogP contribution in [0.1, 0.15) is 109 Å². The number of carbonyl (C=O) groups excluding carboxylic acids is 3. The highest BCUT2D eigenvalue weighted by atomic mass is 16.6. The van der Waals surface area contributed by atoms with Crippen molar-refractivity contribution in [2.75, 3.05) is 11.9 Å². The van der Waals surface area contributed by atoms with Gasteiger partial charge in [-0.3, -0.25) is 9.59 Å². The average Bonchev–Trinajstić information content (AvgIpc) is 3.00. The zero-order valence-corrected chi connectivity index (χ0v) is 29.2. The van der Waals surface area contributed by atoms with Gasteiger partial charge in [0.05, 0.1) is 0 Å². The highest BCUT2D eigenvalue weighted by Crippen LogP contribution is 2.29. The van der Waals surface area contributed by atoms with Crippen LogP contribution in [-0.2, 0) is 14.3 Å². The van der Waals surface area contributed by atoms with Crippen molar-refractivity contribution in [2.45, 2.75) is 118 Å². The van der Waals surface area contributed by atoms with Crippen LogP contribution in [0, 0.1) is 19.8 Å². The molecule has 0 aliphatic rings. The van der Waals surface area contributed by atoms with Crippen LogP contribution < -0.4 is 10.6 Å². The predicted octanol–water partition coefficient (Wildman–Crippen LogP) is 9.26. The molecule has 3 unspecified atom stereocenters. The van der Waals surface area contributed by atoms with Crippen LogP contribution in [0.25, 0.3) is 10.8 Å². The molecule has 3 atom stereocenters. The van der Waals surface area contributed by atoms with Gasteiger partial charge in [0.2, 0.25) is 5.91 Å². The molecule has 3 aromatic carbocycles. The van der Waals surface area contributed by atoms with E-state index >= 15 is 0 Å². The molecule has 3 rings (SSSR count). The largest absolute Gasteiger partial charge is 0.444 e. The zero-order valence-electron chi connectivity index (χ0n) is 29.2. The highest BCUT2D eigenvalue weighted by Gasteiger charge is 2.38. The highest BCUT2D eigenvalue weighted by molar-refractivity contribution is 6.00. The monoisotopic (exact) mass is 629 g/mol. The quantitative estimate of drug-likeness (QED) is 0.164. The fourth-order valence-electron chi connectivity index (χ4n) is 5.61. The number of hydrogen-bond donors (Lipinski definition) is 2. The molecule has 46 heavy (non-hydrogen) atoms. The molecule has 7 nitrogen and oxygen atoms in total. The van der Waals surface area contributed by atoms with Gasteiger partial charge in [0.25, 0.3) is 5.91 Å². The lowest BCUT2D eigenvalue weighted by molar-refractivity contribution is -0.142. The Balaban J connectivity index is 2.05. The van der Waals surface area contributed by atoms with Crippen LogP contribution in [0.2, 0.25) is 0 Å². The zero-order chi connectivity index (χ0) is 33.9. The van der Waals surface area contributed by atoms with Gasteiger partial charge in [0.1, 0.15) is 17.7 Å². The van der Waals surface area contributed by atoms with Crippen molar-refractivity contribution in [3.05, 3.63) is 77.4 Å². The van der Waals surface area contributed by atoms with Crippen LogP contribution in [0.4, 0.5) is 10.5 Å². The number of anilines is 1. The molecule has 0 heterocycles. The summed E-state index contributed by atoms with van der Waals surface area (Å²) in [5.74, 6) is -0.764.